The van der Waals surface area contributed by atoms with Crippen LogP contribution in [0.1, 0.15) is 0 Å². The van der Waals surface area contributed by atoms with Crippen LogP contribution in [0, 0.1) is 0 Å². The van der Waals surface area contributed by atoms with E-state index in [-0.39, 0.29) is 0 Å². The molecule has 1 heterocycles. The van der Waals surface area contributed by atoms with Crippen molar-refractivity contribution in [3.05, 3.63) is 12.3 Å². The van der Waals surface area contributed by atoms with Gasteiger partial charge in [0.15, 0.2) is 0 Å². The lowest BCUT2D eigenvalue weighted by molar-refractivity contribution is 0.00114. The fourth-order valence-corrected chi connectivity index (χ4v) is 1.23. The van der Waals surface area contributed by atoms with Crippen molar-refractivity contribution in [1.82, 2.24) is 9.80 Å². The van der Waals surface area contributed by atoms with Gasteiger partial charge in [0.1, 0.15) is 13.5 Å². The van der Waals surface area contributed by atoms with E-state index in [0.717, 1.165) is 13.2 Å². The van der Waals surface area contributed by atoms with Gasteiger partial charge in [-0.15, -0.1) is 0 Å². The minimum atomic E-state index is 0.636. The maximum absolute atomic E-state index is 5.03. The molecule has 0 spiro atoms. The highest BCUT2D eigenvalue weighted by Gasteiger charge is 2.10. The number of methoxy groups -OCH3 is 2. The third-order valence-corrected chi connectivity index (χ3v) is 1.67. The quantitative estimate of drug-likeness (QED) is 0.608. The summed E-state index contributed by atoms with van der Waals surface area (Å²) in [6, 6.07) is 0. The lowest BCUT2D eigenvalue weighted by atomic mass is 10.4. The Balaban J connectivity index is 2.29. The number of hydrogen-bond donors (Lipinski definition) is 0. The molecule has 0 radical (unpaired) electrons. The lowest BCUT2D eigenvalue weighted by Gasteiger charge is -2.31. The Bertz CT molecular complexity index is 150. The van der Waals surface area contributed by atoms with Crippen LogP contribution in [0.25, 0.3) is 0 Å². The van der Waals surface area contributed by atoms with Crippen molar-refractivity contribution in [2.75, 3.05) is 40.9 Å². The van der Waals surface area contributed by atoms with E-state index in [4.69, 9.17) is 9.47 Å². The van der Waals surface area contributed by atoms with Crippen molar-refractivity contribution in [2.45, 2.75) is 0 Å². The van der Waals surface area contributed by atoms with Crippen LogP contribution < -0.4 is 0 Å². The fourth-order valence-electron chi connectivity index (χ4n) is 1.23. The molecule has 0 aromatic heterocycles. The van der Waals surface area contributed by atoms with Crippen molar-refractivity contribution < 1.29 is 9.47 Å². The minimum Gasteiger partial charge on any atom is -0.369 e. The zero-order chi connectivity index (χ0) is 8.81. The number of hydrogen-bond acceptors (Lipinski definition) is 4. The molecule has 0 atom stereocenters. The maximum atomic E-state index is 5.03. The molecule has 4 nitrogen and oxygen atoms in total. The van der Waals surface area contributed by atoms with Gasteiger partial charge in [-0.25, -0.2) is 0 Å². The highest BCUT2D eigenvalue weighted by atomic mass is 16.5. The Morgan fingerprint density at radius 2 is 2.00 bits per heavy atom. The summed E-state index contributed by atoms with van der Waals surface area (Å²) in [7, 11) is 3.40. The monoisotopic (exact) mass is 172 g/mol. The zero-order valence-corrected chi connectivity index (χ0v) is 7.69. The van der Waals surface area contributed by atoms with Crippen molar-refractivity contribution >= 4 is 0 Å². The minimum absolute atomic E-state index is 0.636. The molecular formula is C8H16N2O2. The first-order chi connectivity index (χ1) is 5.86. The van der Waals surface area contributed by atoms with Crippen molar-refractivity contribution in [3.63, 3.8) is 0 Å². The first-order valence-electron chi connectivity index (χ1n) is 3.97. The second-order valence-corrected chi connectivity index (χ2v) is 2.80. The van der Waals surface area contributed by atoms with Crippen LogP contribution in [0.2, 0.25) is 0 Å². The van der Waals surface area contributed by atoms with Gasteiger partial charge in [0.05, 0.1) is 6.67 Å². The molecule has 0 fully saturated rings. The van der Waals surface area contributed by atoms with Crippen LogP contribution in [0.3, 0.4) is 0 Å². The normalized spacial score (nSPS) is 18.7. The average Bonchev–Trinajstić information content (AvgIpc) is 2.06. The molecule has 0 saturated carbocycles. The van der Waals surface area contributed by atoms with E-state index in [1.807, 2.05) is 0 Å². The second kappa shape index (κ2) is 5.13. The smallest absolute Gasteiger partial charge is 0.119 e. The molecule has 0 bridgehead atoms. The van der Waals surface area contributed by atoms with Crippen LogP contribution in [-0.2, 0) is 9.47 Å². The van der Waals surface area contributed by atoms with Crippen LogP contribution in [0.15, 0.2) is 12.3 Å². The van der Waals surface area contributed by atoms with Gasteiger partial charge in [0, 0.05) is 20.8 Å². The van der Waals surface area contributed by atoms with E-state index in [1.165, 1.54) is 0 Å². The van der Waals surface area contributed by atoms with Crippen LogP contribution in [0.5, 0.6) is 0 Å². The summed E-state index contributed by atoms with van der Waals surface area (Å²) in [5, 5.41) is 0. The summed E-state index contributed by atoms with van der Waals surface area (Å²) >= 11 is 0. The number of rotatable bonds is 4. The zero-order valence-electron chi connectivity index (χ0n) is 7.69. The highest BCUT2D eigenvalue weighted by Crippen LogP contribution is 2.02. The Kier molecular flexibility index (Phi) is 4.07. The summed E-state index contributed by atoms with van der Waals surface area (Å²) in [6.07, 6.45) is 4.15. The Morgan fingerprint density at radius 1 is 1.25 bits per heavy atom. The third kappa shape index (κ3) is 2.81. The van der Waals surface area contributed by atoms with Gasteiger partial charge < -0.3 is 14.4 Å². The van der Waals surface area contributed by atoms with E-state index in [1.54, 1.807) is 14.2 Å². The molecule has 70 valence electrons. The average molecular weight is 172 g/mol. The molecule has 0 amide bonds. The van der Waals surface area contributed by atoms with Gasteiger partial charge in [0.2, 0.25) is 0 Å². The van der Waals surface area contributed by atoms with Crippen molar-refractivity contribution in [3.8, 4) is 0 Å². The molecule has 0 unspecified atom stereocenters. The molecule has 1 aliphatic rings. The molecule has 0 aromatic rings. The Hall–Kier alpha value is -0.580. The molecule has 0 N–H and O–H groups in total. The SMILES string of the molecule is COCN1C=CCN(COC)C1. The molecule has 0 aromatic carbocycles. The summed E-state index contributed by atoms with van der Waals surface area (Å²) < 4.78 is 10.0. The summed E-state index contributed by atoms with van der Waals surface area (Å²) in [5.41, 5.74) is 0. The largest absolute Gasteiger partial charge is 0.369 e. The number of ether oxygens (including phenoxy) is 2. The summed E-state index contributed by atoms with van der Waals surface area (Å²) in [5.74, 6) is 0. The topological polar surface area (TPSA) is 24.9 Å². The van der Waals surface area contributed by atoms with Gasteiger partial charge >= 0.3 is 0 Å². The predicted octanol–water partition coefficient (Wildman–Crippen LogP) is 0.283. The first kappa shape index (κ1) is 9.51. The van der Waals surface area contributed by atoms with Gasteiger partial charge in [-0.1, -0.05) is 6.08 Å². The fraction of sp³-hybridized carbons (Fsp3) is 0.750. The summed E-state index contributed by atoms with van der Waals surface area (Å²) in [4.78, 5) is 4.27. The van der Waals surface area contributed by atoms with Gasteiger partial charge in [-0.05, 0) is 6.20 Å². The summed E-state index contributed by atoms with van der Waals surface area (Å²) in [6.45, 7) is 3.13. The van der Waals surface area contributed by atoms with E-state index in [9.17, 15) is 0 Å². The number of nitrogens with zero attached hydrogens (tertiary/aromatic N) is 2. The van der Waals surface area contributed by atoms with Gasteiger partial charge in [0.25, 0.3) is 0 Å². The van der Waals surface area contributed by atoms with Crippen LogP contribution in [0.4, 0.5) is 0 Å². The Labute approximate surface area is 73.3 Å². The van der Waals surface area contributed by atoms with Crippen LogP contribution in [-0.4, -0.2) is 50.7 Å². The first-order valence-corrected chi connectivity index (χ1v) is 3.97. The molecular weight excluding hydrogens is 156 g/mol. The Morgan fingerprint density at radius 3 is 2.67 bits per heavy atom. The van der Waals surface area contributed by atoms with E-state index in [0.29, 0.717) is 13.5 Å². The van der Waals surface area contributed by atoms with E-state index < -0.39 is 0 Å². The molecule has 12 heavy (non-hydrogen) atoms. The standard InChI is InChI=1S/C8H16N2O2/c1-11-7-9-4-3-5-10(6-9)8-12-2/h3-4H,5-8H2,1-2H3. The van der Waals surface area contributed by atoms with E-state index in [2.05, 4.69) is 22.1 Å². The molecule has 0 saturated heterocycles. The van der Waals surface area contributed by atoms with Gasteiger partial charge in [-0.3, -0.25) is 4.90 Å². The van der Waals surface area contributed by atoms with Crippen LogP contribution >= 0.6 is 0 Å². The third-order valence-electron chi connectivity index (χ3n) is 1.67. The predicted molar refractivity (Wildman–Crippen MR) is 46.3 cm³/mol. The van der Waals surface area contributed by atoms with Gasteiger partial charge in [-0.2, -0.15) is 0 Å². The second-order valence-electron chi connectivity index (χ2n) is 2.80. The van der Waals surface area contributed by atoms with Crippen molar-refractivity contribution in [2.24, 2.45) is 0 Å². The van der Waals surface area contributed by atoms with E-state index >= 15 is 0 Å². The molecule has 1 rings (SSSR count). The lowest BCUT2D eigenvalue weighted by Crippen LogP contribution is -2.40. The maximum Gasteiger partial charge on any atom is 0.119 e. The highest BCUT2D eigenvalue weighted by molar-refractivity contribution is 4.88. The van der Waals surface area contributed by atoms with Crippen molar-refractivity contribution in [1.29, 1.82) is 0 Å². The molecule has 1 aliphatic heterocycles. The molecule has 0 aliphatic carbocycles. The molecule has 4 heteroatoms.